The molecule has 2 heterocycles. The Morgan fingerprint density at radius 2 is 1.76 bits per heavy atom. The lowest BCUT2D eigenvalue weighted by Crippen LogP contribution is -2.38. The molecular weight excluding hydrogens is 358 g/mol. The molecule has 29 heavy (non-hydrogen) atoms. The number of aryl methyl sites for hydroxylation is 1. The van der Waals surface area contributed by atoms with Crippen molar-refractivity contribution in [1.82, 2.24) is 14.8 Å². The summed E-state index contributed by atoms with van der Waals surface area (Å²) in [6.45, 7) is 3.47. The Kier molecular flexibility index (Phi) is 5.81. The van der Waals surface area contributed by atoms with E-state index in [9.17, 15) is 4.79 Å². The van der Waals surface area contributed by atoms with Crippen molar-refractivity contribution in [2.24, 2.45) is 7.05 Å². The minimum Gasteiger partial charge on any atom is -0.353 e. The van der Waals surface area contributed by atoms with Crippen LogP contribution in [-0.2, 0) is 11.8 Å². The molecule has 0 spiro atoms. The number of hydrogen-bond donors (Lipinski definition) is 1. The van der Waals surface area contributed by atoms with Gasteiger partial charge in [-0.2, -0.15) is 0 Å². The van der Waals surface area contributed by atoms with Gasteiger partial charge in [-0.25, -0.2) is 0 Å². The van der Waals surface area contributed by atoms with Crippen molar-refractivity contribution in [3.63, 3.8) is 0 Å². The van der Waals surface area contributed by atoms with Crippen LogP contribution in [0.3, 0.4) is 0 Å². The average molecular weight is 388 g/mol. The third-order valence-electron chi connectivity index (χ3n) is 5.93. The SMILES string of the molecule is C[C@H](NC(=O)CN1CCC[C@@H]1c1cccn1C)c1ccc(-c2ccccc2)cc1. The molecule has 0 aliphatic carbocycles. The fourth-order valence-corrected chi connectivity index (χ4v) is 4.32. The van der Waals surface area contributed by atoms with Crippen molar-refractivity contribution in [1.29, 1.82) is 0 Å². The molecule has 1 N–H and O–H groups in total. The minimum absolute atomic E-state index is 0.0107. The molecule has 0 bridgehead atoms. The highest BCUT2D eigenvalue weighted by atomic mass is 16.2. The second-order valence-electron chi connectivity index (χ2n) is 7.95. The number of hydrogen-bond acceptors (Lipinski definition) is 2. The molecule has 4 heteroatoms. The Hall–Kier alpha value is -2.85. The zero-order chi connectivity index (χ0) is 20.2. The van der Waals surface area contributed by atoms with Crippen molar-refractivity contribution in [2.75, 3.05) is 13.1 Å². The van der Waals surface area contributed by atoms with E-state index in [0.717, 1.165) is 24.9 Å². The molecule has 1 aromatic heterocycles. The van der Waals surface area contributed by atoms with Gasteiger partial charge in [0.2, 0.25) is 5.91 Å². The predicted octanol–water partition coefficient (Wildman–Crippen LogP) is 4.71. The van der Waals surface area contributed by atoms with Gasteiger partial charge < -0.3 is 9.88 Å². The number of aromatic nitrogens is 1. The fourth-order valence-electron chi connectivity index (χ4n) is 4.32. The molecule has 1 aliphatic heterocycles. The largest absolute Gasteiger partial charge is 0.353 e. The second kappa shape index (κ2) is 8.66. The first kappa shape index (κ1) is 19.5. The van der Waals surface area contributed by atoms with E-state index in [1.54, 1.807) is 0 Å². The zero-order valence-electron chi connectivity index (χ0n) is 17.2. The van der Waals surface area contributed by atoms with E-state index < -0.39 is 0 Å². The van der Waals surface area contributed by atoms with E-state index in [1.165, 1.54) is 16.8 Å². The Morgan fingerprint density at radius 1 is 1.03 bits per heavy atom. The summed E-state index contributed by atoms with van der Waals surface area (Å²) < 4.78 is 2.16. The summed E-state index contributed by atoms with van der Waals surface area (Å²) in [5, 5.41) is 3.18. The van der Waals surface area contributed by atoms with E-state index in [0.29, 0.717) is 12.6 Å². The quantitative estimate of drug-likeness (QED) is 0.665. The normalized spacial score (nSPS) is 17.9. The Labute approximate surface area is 173 Å². The summed E-state index contributed by atoms with van der Waals surface area (Å²) in [7, 11) is 2.08. The average Bonchev–Trinajstić information content (AvgIpc) is 3.37. The van der Waals surface area contributed by atoms with Crippen LogP contribution in [0.5, 0.6) is 0 Å². The molecule has 2 atom stereocenters. The standard InChI is InChI=1S/C25H29N3O/c1-19(20-12-14-22(15-13-20)21-8-4-3-5-9-21)26-25(29)18-28-17-7-11-24(28)23-10-6-16-27(23)2/h3-6,8-10,12-16,19,24H,7,11,17-18H2,1-2H3,(H,26,29)/t19-,24+/m0/s1. The van der Waals surface area contributed by atoms with Crippen LogP contribution in [0.4, 0.5) is 0 Å². The van der Waals surface area contributed by atoms with Crippen molar-refractivity contribution in [3.05, 3.63) is 84.2 Å². The minimum atomic E-state index is -0.0107. The van der Waals surface area contributed by atoms with Crippen LogP contribution in [0.15, 0.2) is 72.9 Å². The Bertz CT molecular complexity index is 946. The van der Waals surface area contributed by atoms with Gasteiger partial charge >= 0.3 is 0 Å². The number of likely N-dealkylation sites (tertiary alicyclic amines) is 1. The van der Waals surface area contributed by atoms with Crippen LogP contribution in [0.2, 0.25) is 0 Å². The summed E-state index contributed by atoms with van der Waals surface area (Å²) in [6.07, 6.45) is 4.33. The lowest BCUT2D eigenvalue weighted by molar-refractivity contribution is -0.123. The van der Waals surface area contributed by atoms with Gasteiger partial charge in [-0.1, -0.05) is 54.6 Å². The number of nitrogens with one attached hydrogen (secondary N) is 1. The maximum atomic E-state index is 12.7. The van der Waals surface area contributed by atoms with Gasteiger partial charge in [-0.15, -0.1) is 0 Å². The van der Waals surface area contributed by atoms with Gasteiger partial charge in [0, 0.05) is 18.9 Å². The number of rotatable bonds is 6. The molecule has 4 rings (SSSR count). The number of carbonyl (C=O) groups excluding carboxylic acids is 1. The van der Waals surface area contributed by atoms with Gasteiger partial charge in [0.1, 0.15) is 0 Å². The first-order valence-corrected chi connectivity index (χ1v) is 10.4. The van der Waals surface area contributed by atoms with Crippen molar-refractivity contribution >= 4 is 5.91 Å². The molecule has 0 unspecified atom stereocenters. The highest BCUT2D eigenvalue weighted by Crippen LogP contribution is 2.31. The van der Waals surface area contributed by atoms with Crippen LogP contribution in [0.25, 0.3) is 11.1 Å². The summed E-state index contributed by atoms with van der Waals surface area (Å²) >= 11 is 0. The molecule has 0 radical (unpaired) electrons. The maximum absolute atomic E-state index is 12.7. The Balaban J connectivity index is 1.36. The number of amides is 1. The lowest BCUT2D eigenvalue weighted by Gasteiger charge is -2.25. The van der Waals surface area contributed by atoms with Crippen LogP contribution < -0.4 is 5.32 Å². The van der Waals surface area contributed by atoms with Gasteiger partial charge in [0.05, 0.1) is 18.6 Å². The van der Waals surface area contributed by atoms with Gasteiger partial charge in [-0.3, -0.25) is 9.69 Å². The van der Waals surface area contributed by atoms with Crippen molar-refractivity contribution in [3.8, 4) is 11.1 Å². The predicted molar refractivity (Wildman–Crippen MR) is 117 cm³/mol. The smallest absolute Gasteiger partial charge is 0.234 e. The molecule has 1 amide bonds. The van der Waals surface area contributed by atoms with E-state index in [2.05, 4.69) is 76.6 Å². The molecular formula is C25H29N3O. The van der Waals surface area contributed by atoms with Crippen LogP contribution in [0, 0.1) is 0 Å². The first-order chi connectivity index (χ1) is 14.1. The van der Waals surface area contributed by atoms with Crippen LogP contribution in [-0.4, -0.2) is 28.5 Å². The van der Waals surface area contributed by atoms with Gasteiger partial charge in [-0.05, 0) is 55.1 Å². The molecule has 2 aromatic carbocycles. The van der Waals surface area contributed by atoms with Gasteiger partial charge in [0.15, 0.2) is 0 Å². The number of benzene rings is 2. The number of nitrogens with zero attached hydrogens (tertiary/aromatic N) is 2. The van der Waals surface area contributed by atoms with Gasteiger partial charge in [0.25, 0.3) is 0 Å². The highest BCUT2D eigenvalue weighted by molar-refractivity contribution is 5.78. The zero-order valence-corrected chi connectivity index (χ0v) is 17.2. The highest BCUT2D eigenvalue weighted by Gasteiger charge is 2.29. The second-order valence-corrected chi connectivity index (χ2v) is 7.95. The third kappa shape index (κ3) is 4.43. The fraction of sp³-hybridized carbons (Fsp3) is 0.320. The van der Waals surface area contributed by atoms with E-state index in [-0.39, 0.29) is 11.9 Å². The topological polar surface area (TPSA) is 37.3 Å². The lowest BCUT2D eigenvalue weighted by atomic mass is 10.0. The summed E-state index contributed by atoms with van der Waals surface area (Å²) in [4.78, 5) is 15.0. The molecule has 1 fully saturated rings. The van der Waals surface area contributed by atoms with E-state index >= 15 is 0 Å². The molecule has 1 aliphatic rings. The van der Waals surface area contributed by atoms with Crippen LogP contribution in [0.1, 0.15) is 43.1 Å². The van der Waals surface area contributed by atoms with E-state index in [1.807, 2.05) is 25.1 Å². The Morgan fingerprint density at radius 3 is 2.45 bits per heavy atom. The van der Waals surface area contributed by atoms with Crippen molar-refractivity contribution in [2.45, 2.75) is 31.8 Å². The van der Waals surface area contributed by atoms with Crippen LogP contribution >= 0.6 is 0 Å². The summed E-state index contributed by atoms with van der Waals surface area (Å²) in [5.74, 6) is 0.0887. The monoisotopic (exact) mass is 387 g/mol. The first-order valence-electron chi connectivity index (χ1n) is 10.4. The summed E-state index contributed by atoms with van der Waals surface area (Å²) in [5.41, 5.74) is 4.81. The maximum Gasteiger partial charge on any atom is 0.234 e. The summed E-state index contributed by atoms with van der Waals surface area (Å²) in [6, 6.07) is 23.4. The number of carbonyl (C=O) groups is 1. The van der Waals surface area contributed by atoms with Crippen molar-refractivity contribution < 1.29 is 4.79 Å². The molecule has 1 saturated heterocycles. The third-order valence-corrected chi connectivity index (χ3v) is 5.93. The molecule has 4 nitrogen and oxygen atoms in total. The van der Waals surface area contributed by atoms with E-state index in [4.69, 9.17) is 0 Å². The molecule has 3 aromatic rings. The molecule has 0 saturated carbocycles. The molecule has 150 valence electrons.